The third kappa shape index (κ3) is 5.79. The maximum atomic E-state index is 12.8. The molecule has 116 valence electrons. The molecule has 0 saturated heterocycles. The Hall–Kier alpha value is -1.27. The molecule has 0 heterocycles. The number of unbranched alkanes of at least 4 members (excludes halogenated alkanes) is 1. The van der Waals surface area contributed by atoms with Crippen LogP contribution < -0.4 is 5.32 Å². The Morgan fingerprint density at radius 3 is 2.30 bits per heavy atom. The highest BCUT2D eigenvalue weighted by molar-refractivity contribution is 5.76. The molecule has 2 N–H and O–H groups in total. The van der Waals surface area contributed by atoms with Crippen LogP contribution >= 0.6 is 0 Å². The van der Waals surface area contributed by atoms with Crippen LogP contribution in [0.15, 0.2) is 0 Å². The van der Waals surface area contributed by atoms with Crippen molar-refractivity contribution in [1.82, 2.24) is 5.32 Å². The van der Waals surface area contributed by atoms with Gasteiger partial charge in [0, 0.05) is 18.9 Å². The maximum Gasteiger partial charge on any atom is 0.393 e. The first-order valence-corrected chi connectivity index (χ1v) is 6.88. The second-order valence-corrected chi connectivity index (χ2v) is 5.21. The fraction of sp³-hybridized carbons (Fsp3) is 0.846. The number of hydrogen-bond donors (Lipinski definition) is 2. The van der Waals surface area contributed by atoms with E-state index in [1.807, 2.05) is 0 Å². The van der Waals surface area contributed by atoms with E-state index < -0.39 is 30.0 Å². The fourth-order valence-corrected chi connectivity index (χ4v) is 2.54. The molecule has 7 heteroatoms. The van der Waals surface area contributed by atoms with Crippen molar-refractivity contribution in [1.29, 1.82) is 0 Å². The first-order valence-electron chi connectivity index (χ1n) is 6.88. The van der Waals surface area contributed by atoms with Gasteiger partial charge >= 0.3 is 12.1 Å². The number of halogens is 3. The van der Waals surface area contributed by atoms with Crippen molar-refractivity contribution < 1.29 is 27.9 Å². The number of rotatable bonds is 6. The topological polar surface area (TPSA) is 66.4 Å². The van der Waals surface area contributed by atoms with Crippen molar-refractivity contribution in [2.75, 3.05) is 0 Å². The van der Waals surface area contributed by atoms with Gasteiger partial charge in [-0.3, -0.25) is 9.59 Å². The van der Waals surface area contributed by atoms with Crippen molar-refractivity contribution in [3.63, 3.8) is 0 Å². The van der Waals surface area contributed by atoms with E-state index in [9.17, 15) is 22.8 Å². The Balaban J connectivity index is 2.37. The highest BCUT2D eigenvalue weighted by Gasteiger charge is 2.45. The Kier molecular flexibility index (Phi) is 6.29. The van der Waals surface area contributed by atoms with Gasteiger partial charge in [-0.15, -0.1) is 0 Å². The summed E-state index contributed by atoms with van der Waals surface area (Å²) in [5, 5.41) is 10.9. The quantitative estimate of drug-likeness (QED) is 0.740. The van der Waals surface area contributed by atoms with Gasteiger partial charge < -0.3 is 10.4 Å². The van der Waals surface area contributed by atoms with Gasteiger partial charge in [0.25, 0.3) is 0 Å². The van der Waals surface area contributed by atoms with E-state index in [2.05, 4.69) is 5.32 Å². The van der Waals surface area contributed by atoms with Crippen molar-refractivity contribution >= 4 is 11.9 Å². The lowest BCUT2D eigenvalue weighted by Gasteiger charge is -2.33. The van der Waals surface area contributed by atoms with Crippen LogP contribution in [0.2, 0.25) is 0 Å². The SMILES string of the molecule is O=C(O)CCCCC(=O)NC1CCCCC1C(F)(F)F. The molecule has 0 spiro atoms. The molecule has 0 aromatic heterocycles. The lowest BCUT2D eigenvalue weighted by molar-refractivity contribution is -0.189. The summed E-state index contributed by atoms with van der Waals surface area (Å²) < 4.78 is 38.5. The zero-order valence-electron chi connectivity index (χ0n) is 11.2. The minimum atomic E-state index is -4.28. The van der Waals surface area contributed by atoms with Crippen LogP contribution in [-0.4, -0.2) is 29.2 Å². The fourth-order valence-electron chi connectivity index (χ4n) is 2.54. The number of alkyl halides is 3. The second kappa shape index (κ2) is 7.50. The summed E-state index contributed by atoms with van der Waals surface area (Å²) in [5.74, 6) is -2.81. The minimum absolute atomic E-state index is 0.0259. The van der Waals surface area contributed by atoms with Gasteiger partial charge in [0.1, 0.15) is 0 Å². The zero-order chi connectivity index (χ0) is 15.2. The third-order valence-corrected chi connectivity index (χ3v) is 3.58. The normalized spacial score (nSPS) is 23.4. The Labute approximate surface area is 115 Å². The van der Waals surface area contributed by atoms with Crippen LogP contribution in [-0.2, 0) is 9.59 Å². The molecule has 1 amide bonds. The molecule has 0 aromatic rings. The summed E-state index contributed by atoms with van der Waals surface area (Å²) in [6, 6.07) is -0.837. The predicted octanol–water partition coefficient (Wildman–Crippen LogP) is 2.87. The molecule has 1 rings (SSSR count). The first kappa shape index (κ1) is 16.8. The lowest BCUT2D eigenvalue weighted by Crippen LogP contribution is -2.47. The van der Waals surface area contributed by atoms with Crippen molar-refractivity contribution in [2.24, 2.45) is 5.92 Å². The van der Waals surface area contributed by atoms with Crippen LogP contribution in [0, 0.1) is 5.92 Å². The molecule has 1 fully saturated rings. The molecule has 1 saturated carbocycles. The van der Waals surface area contributed by atoms with Gasteiger partial charge in [0.15, 0.2) is 0 Å². The molecule has 20 heavy (non-hydrogen) atoms. The van der Waals surface area contributed by atoms with Crippen LogP contribution in [0.3, 0.4) is 0 Å². The van der Waals surface area contributed by atoms with Crippen molar-refractivity contribution in [3.05, 3.63) is 0 Å². The van der Waals surface area contributed by atoms with Gasteiger partial charge in [0.2, 0.25) is 5.91 Å². The number of carbonyl (C=O) groups excluding carboxylic acids is 1. The van der Waals surface area contributed by atoms with Crippen LogP contribution in [0.25, 0.3) is 0 Å². The van der Waals surface area contributed by atoms with E-state index in [1.54, 1.807) is 0 Å². The summed E-state index contributed by atoms with van der Waals surface area (Å²) in [6.45, 7) is 0. The Bertz CT molecular complexity index is 344. The van der Waals surface area contributed by atoms with E-state index in [0.29, 0.717) is 32.1 Å². The van der Waals surface area contributed by atoms with E-state index in [-0.39, 0.29) is 19.3 Å². The van der Waals surface area contributed by atoms with E-state index in [4.69, 9.17) is 5.11 Å². The molecule has 2 unspecified atom stereocenters. The molecule has 1 aliphatic rings. The molecule has 1 aliphatic carbocycles. The van der Waals surface area contributed by atoms with Crippen molar-refractivity contribution in [2.45, 2.75) is 63.6 Å². The second-order valence-electron chi connectivity index (χ2n) is 5.21. The first-order chi connectivity index (χ1) is 9.30. The van der Waals surface area contributed by atoms with E-state index in [0.717, 1.165) is 0 Å². The smallest absolute Gasteiger partial charge is 0.393 e. The molecule has 0 bridgehead atoms. The van der Waals surface area contributed by atoms with E-state index >= 15 is 0 Å². The number of carboxylic acid groups (broad SMARTS) is 1. The molecule has 0 aliphatic heterocycles. The average Bonchev–Trinajstić information content (AvgIpc) is 2.34. The number of aliphatic carboxylic acids is 1. The van der Waals surface area contributed by atoms with Crippen LogP contribution in [0.5, 0.6) is 0 Å². The summed E-state index contributed by atoms with van der Waals surface area (Å²) in [4.78, 5) is 21.9. The van der Waals surface area contributed by atoms with Gasteiger partial charge in [-0.05, 0) is 25.7 Å². The summed E-state index contributed by atoms with van der Waals surface area (Å²) >= 11 is 0. The number of nitrogens with one attached hydrogen (secondary N) is 1. The highest BCUT2D eigenvalue weighted by Crippen LogP contribution is 2.37. The van der Waals surface area contributed by atoms with Gasteiger partial charge in [0.05, 0.1) is 5.92 Å². The number of carboxylic acids is 1. The third-order valence-electron chi connectivity index (χ3n) is 3.58. The largest absolute Gasteiger partial charge is 0.481 e. The maximum absolute atomic E-state index is 12.8. The highest BCUT2D eigenvalue weighted by atomic mass is 19.4. The number of amides is 1. The van der Waals surface area contributed by atoms with E-state index in [1.165, 1.54) is 0 Å². The zero-order valence-corrected chi connectivity index (χ0v) is 11.2. The monoisotopic (exact) mass is 295 g/mol. The number of carbonyl (C=O) groups is 2. The Morgan fingerprint density at radius 2 is 1.70 bits per heavy atom. The Morgan fingerprint density at radius 1 is 1.10 bits per heavy atom. The molecule has 0 aromatic carbocycles. The summed E-state index contributed by atoms with van der Waals surface area (Å²) in [5.41, 5.74) is 0. The molecular formula is C13H20F3NO3. The summed E-state index contributed by atoms with van der Waals surface area (Å²) in [6.07, 6.45) is -1.85. The van der Waals surface area contributed by atoms with Gasteiger partial charge in [-0.1, -0.05) is 12.8 Å². The van der Waals surface area contributed by atoms with Gasteiger partial charge in [-0.25, -0.2) is 0 Å². The van der Waals surface area contributed by atoms with Crippen LogP contribution in [0.4, 0.5) is 13.2 Å². The van der Waals surface area contributed by atoms with Gasteiger partial charge in [-0.2, -0.15) is 13.2 Å². The average molecular weight is 295 g/mol. The number of hydrogen-bond acceptors (Lipinski definition) is 2. The predicted molar refractivity (Wildman–Crippen MR) is 66.0 cm³/mol. The lowest BCUT2D eigenvalue weighted by atomic mass is 9.84. The van der Waals surface area contributed by atoms with Crippen LogP contribution in [0.1, 0.15) is 51.4 Å². The molecular weight excluding hydrogens is 275 g/mol. The summed E-state index contributed by atoms with van der Waals surface area (Å²) in [7, 11) is 0. The molecule has 4 nitrogen and oxygen atoms in total. The standard InChI is InChI=1S/C13H20F3NO3/c14-13(15,16)9-5-1-2-6-10(9)17-11(18)7-3-4-8-12(19)20/h9-10H,1-8H2,(H,17,18)(H,19,20). The van der Waals surface area contributed by atoms with Crippen molar-refractivity contribution in [3.8, 4) is 0 Å². The minimum Gasteiger partial charge on any atom is -0.481 e. The molecule has 0 radical (unpaired) electrons. The molecule has 2 atom stereocenters.